The Morgan fingerprint density at radius 1 is 1.30 bits per heavy atom. The van der Waals surface area contributed by atoms with Crippen molar-refractivity contribution in [2.75, 3.05) is 20.3 Å². The second kappa shape index (κ2) is 9.38. The summed E-state index contributed by atoms with van der Waals surface area (Å²) in [6.07, 6.45) is 0.481. The highest BCUT2D eigenvalue weighted by atomic mass is 31.2. The molecule has 13 heteroatoms. The molecule has 0 spiro atoms. The lowest BCUT2D eigenvalue weighted by Crippen LogP contribution is -2.38. The SMILES string of the molecule is CCOP(=O)(OCC)c1cnn(C[C@H]2O[C@@H](n3ccc(=O)[nH]c3=O)C(OC)C2O)c1. The molecule has 0 amide bonds. The van der Waals surface area contributed by atoms with Crippen molar-refractivity contribution in [2.24, 2.45) is 0 Å². The first-order valence-electron chi connectivity index (χ1n) is 9.42. The van der Waals surface area contributed by atoms with Crippen LogP contribution < -0.4 is 16.6 Å². The zero-order valence-electron chi connectivity index (χ0n) is 16.8. The molecule has 1 saturated heterocycles. The van der Waals surface area contributed by atoms with E-state index in [1.807, 2.05) is 0 Å². The van der Waals surface area contributed by atoms with Gasteiger partial charge in [0.05, 0.1) is 26.0 Å². The van der Waals surface area contributed by atoms with E-state index in [0.717, 1.165) is 4.57 Å². The maximum Gasteiger partial charge on any atom is 0.364 e. The van der Waals surface area contributed by atoms with Gasteiger partial charge in [-0.15, -0.1) is 0 Å². The maximum absolute atomic E-state index is 12.9. The van der Waals surface area contributed by atoms with Crippen molar-refractivity contribution >= 4 is 12.9 Å². The number of aliphatic hydroxyl groups is 1. The monoisotopic (exact) mass is 444 g/mol. The summed E-state index contributed by atoms with van der Waals surface area (Å²) in [5.74, 6) is 0. The Hall–Kier alpha value is -2.08. The molecule has 166 valence electrons. The molecule has 12 nitrogen and oxygen atoms in total. The summed E-state index contributed by atoms with van der Waals surface area (Å²) < 4.78 is 37.2. The minimum Gasteiger partial charge on any atom is -0.387 e. The van der Waals surface area contributed by atoms with Crippen molar-refractivity contribution in [3.8, 4) is 0 Å². The number of aromatic nitrogens is 4. The van der Waals surface area contributed by atoms with Crippen molar-refractivity contribution in [3.05, 3.63) is 45.5 Å². The van der Waals surface area contributed by atoms with Crippen LogP contribution in [0.15, 0.2) is 34.2 Å². The highest BCUT2D eigenvalue weighted by Crippen LogP contribution is 2.46. The summed E-state index contributed by atoms with van der Waals surface area (Å²) in [7, 11) is -2.11. The quantitative estimate of drug-likeness (QED) is 0.493. The number of hydrogen-bond donors (Lipinski definition) is 2. The van der Waals surface area contributed by atoms with Crippen molar-refractivity contribution in [3.63, 3.8) is 0 Å². The van der Waals surface area contributed by atoms with Gasteiger partial charge in [-0.1, -0.05) is 0 Å². The van der Waals surface area contributed by atoms with E-state index in [2.05, 4.69) is 10.1 Å². The van der Waals surface area contributed by atoms with Gasteiger partial charge in [-0.05, 0) is 13.8 Å². The van der Waals surface area contributed by atoms with Crippen LogP contribution in [0.25, 0.3) is 0 Å². The van der Waals surface area contributed by atoms with E-state index in [1.165, 1.54) is 36.4 Å². The number of hydrogen-bond acceptors (Lipinski definition) is 9. The molecule has 3 rings (SSSR count). The highest BCUT2D eigenvalue weighted by Gasteiger charge is 2.45. The fourth-order valence-corrected chi connectivity index (χ4v) is 4.80. The van der Waals surface area contributed by atoms with E-state index in [9.17, 15) is 19.3 Å². The minimum absolute atomic E-state index is 0.0912. The van der Waals surface area contributed by atoms with Crippen molar-refractivity contribution in [1.82, 2.24) is 19.3 Å². The van der Waals surface area contributed by atoms with Gasteiger partial charge in [0.1, 0.15) is 23.6 Å². The molecule has 2 unspecified atom stereocenters. The van der Waals surface area contributed by atoms with E-state index in [1.54, 1.807) is 13.8 Å². The molecule has 2 N–H and O–H groups in total. The topological polar surface area (TPSA) is 147 Å². The van der Waals surface area contributed by atoms with Crippen LogP contribution in [0.1, 0.15) is 20.1 Å². The third-order valence-electron chi connectivity index (χ3n) is 4.61. The number of aliphatic hydroxyl groups excluding tert-OH is 1. The lowest BCUT2D eigenvalue weighted by Gasteiger charge is -2.19. The van der Waals surface area contributed by atoms with Crippen LogP contribution in [0.5, 0.6) is 0 Å². The smallest absolute Gasteiger partial charge is 0.364 e. The van der Waals surface area contributed by atoms with Crippen LogP contribution in [0.2, 0.25) is 0 Å². The molecule has 0 bridgehead atoms. The molecule has 2 aromatic rings. The molecule has 1 fully saturated rings. The molecule has 2 aromatic heterocycles. The van der Waals surface area contributed by atoms with E-state index < -0.39 is 43.4 Å². The third kappa shape index (κ3) is 4.48. The van der Waals surface area contributed by atoms with Crippen LogP contribution in [0.4, 0.5) is 0 Å². The number of nitrogens with zero attached hydrogens (tertiary/aromatic N) is 3. The van der Waals surface area contributed by atoms with Gasteiger partial charge in [-0.2, -0.15) is 5.10 Å². The number of methoxy groups -OCH3 is 1. The number of aromatic amines is 1. The second-order valence-corrected chi connectivity index (χ2v) is 8.55. The third-order valence-corrected chi connectivity index (χ3v) is 6.67. The molecule has 4 atom stereocenters. The van der Waals surface area contributed by atoms with E-state index in [0.29, 0.717) is 0 Å². The summed E-state index contributed by atoms with van der Waals surface area (Å²) in [4.78, 5) is 25.6. The number of nitrogens with one attached hydrogen (secondary N) is 1. The summed E-state index contributed by atoms with van der Waals surface area (Å²) in [6, 6.07) is 1.18. The van der Waals surface area contributed by atoms with Gasteiger partial charge >= 0.3 is 13.3 Å². The zero-order valence-corrected chi connectivity index (χ0v) is 17.7. The summed E-state index contributed by atoms with van der Waals surface area (Å²) in [5.41, 5.74) is -1.23. The fraction of sp³-hybridized carbons (Fsp3) is 0.588. The van der Waals surface area contributed by atoms with Crippen LogP contribution >= 0.6 is 7.60 Å². The van der Waals surface area contributed by atoms with Gasteiger partial charge in [0.25, 0.3) is 5.56 Å². The highest BCUT2D eigenvalue weighted by molar-refractivity contribution is 7.62. The summed E-state index contributed by atoms with van der Waals surface area (Å²) >= 11 is 0. The summed E-state index contributed by atoms with van der Waals surface area (Å²) in [6.45, 7) is 3.93. The number of rotatable bonds is 9. The molecule has 0 saturated carbocycles. The Labute approximate surface area is 171 Å². The molecule has 3 heterocycles. The lowest BCUT2D eigenvalue weighted by atomic mass is 10.1. The van der Waals surface area contributed by atoms with Crippen molar-refractivity contribution < 1.29 is 28.2 Å². The molecule has 0 aliphatic carbocycles. The molecule has 0 aromatic carbocycles. The van der Waals surface area contributed by atoms with Gasteiger partial charge in [-0.3, -0.25) is 23.6 Å². The Kier molecular flexibility index (Phi) is 7.06. The predicted octanol–water partition coefficient (Wildman–Crippen LogP) is -0.402. The van der Waals surface area contributed by atoms with Crippen LogP contribution in [0.3, 0.4) is 0 Å². The summed E-state index contributed by atoms with van der Waals surface area (Å²) in [5, 5.41) is 15.1. The Bertz CT molecular complexity index is 1010. The van der Waals surface area contributed by atoms with Crippen LogP contribution in [-0.2, 0) is 29.6 Å². The van der Waals surface area contributed by atoms with E-state index >= 15 is 0 Å². The molecule has 0 radical (unpaired) electrons. The number of ether oxygens (including phenoxy) is 2. The maximum atomic E-state index is 12.9. The zero-order chi connectivity index (χ0) is 21.9. The van der Waals surface area contributed by atoms with Crippen LogP contribution in [0, 0.1) is 0 Å². The standard InChI is InChI=1S/C17H25N4O8P/c1-4-27-30(25,28-5-2)11-8-18-20(9-11)10-12-14(23)15(26-3)16(29-12)21-7-6-13(22)19-17(21)24/h6-9,12,14-16,23H,4-5,10H2,1-3H3,(H,19,22,24)/t12-,14?,15?,16-/m1/s1. The van der Waals surface area contributed by atoms with Crippen molar-refractivity contribution in [1.29, 1.82) is 0 Å². The van der Waals surface area contributed by atoms with E-state index in [-0.39, 0.29) is 25.1 Å². The van der Waals surface area contributed by atoms with Crippen LogP contribution in [-0.4, -0.2) is 63.1 Å². The van der Waals surface area contributed by atoms with Gasteiger partial charge in [0.2, 0.25) is 0 Å². The second-order valence-electron chi connectivity index (χ2n) is 6.53. The first kappa shape index (κ1) is 22.6. The largest absolute Gasteiger partial charge is 0.387 e. The molecular formula is C17H25N4O8P. The lowest BCUT2D eigenvalue weighted by molar-refractivity contribution is -0.0565. The molecule has 1 aliphatic rings. The Balaban J connectivity index is 1.80. The van der Waals surface area contributed by atoms with Gasteiger partial charge in [-0.25, -0.2) is 4.79 Å². The first-order chi connectivity index (χ1) is 14.3. The van der Waals surface area contributed by atoms with Crippen molar-refractivity contribution in [2.45, 2.75) is 44.9 Å². The molecule has 30 heavy (non-hydrogen) atoms. The average molecular weight is 444 g/mol. The Morgan fingerprint density at radius 2 is 2.00 bits per heavy atom. The minimum atomic E-state index is -3.49. The van der Waals surface area contributed by atoms with E-state index in [4.69, 9.17) is 18.5 Å². The molecular weight excluding hydrogens is 419 g/mol. The first-order valence-corrected chi connectivity index (χ1v) is 11.0. The predicted molar refractivity (Wildman–Crippen MR) is 105 cm³/mol. The number of H-pyrrole nitrogens is 1. The van der Waals surface area contributed by atoms with Gasteiger partial charge < -0.3 is 23.6 Å². The van der Waals surface area contributed by atoms with Gasteiger partial charge in [0, 0.05) is 25.6 Å². The Morgan fingerprint density at radius 3 is 2.60 bits per heavy atom. The normalized spacial score (nSPS) is 24.4. The average Bonchev–Trinajstić information content (AvgIpc) is 3.28. The fourth-order valence-electron chi connectivity index (χ4n) is 3.28. The molecule has 1 aliphatic heterocycles. The van der Waals surface area contributed by atoms with Gasteiger partial charge in [0.15, 0.2) is 6.23 Å².